The first-order chi connectivity index (χ1) is 15.1. The number of aromatic hydroxyl groups is 1. The number of hydrazone groups is 1. The molecule has 1 amide bonds. The summed E-state index contributed by atoms with van der Waals surface area (Å²) in [6, 6.07) is 22.5. The fourth-order valence-electron chi connectivity index (χ4n) is 3.63. The number of fused-ring (bicyclic) bond motifs is 1. The molecule has 0 saturated carbocycles. The molecule has 0 unspecified atom stereocenters. The highest BCUT2D eigenvalue weighted by Crippen LogP contribution is 2.29. The highest BCUT2D eigenvalue weighted by Gasteiger charge is 2.15. The van der Waals surface area contributed by atoms with Gasteiger partial charge >= 0.3 is 0 Å². The molecule has 156 valence electrons. The number of benzene rings is 3. The first kappa shape index (κ1) is 20.2. The molecule has 4 aromatic rings. The Morgan fingerprint density at radius 3 is 2.58 bits per heavy atom. The maximum atomic E-state index is 12.3. The molecular weight excluding hydrogens is 390 g/mol. The van der Waals surface area contributed by atoms with Crippen LogP contribution in [0.3, 0.4) is 0 Å². The molecule has 6 nitrogen and oxygen atoms in total. The molecule has 0 aliphatic heterocycles. The van der Waals surface area contributed by atoms with E-state index in [0.29, 0.717) is 6.54 Å². The average molecular weight is 413 g/mol. The summed E-state index contributed by atoms with van der Waals surface area (Å²) in [5, 5.41) is 15.0. The van der Waals surface area contributed by atoms with Crippen molar-refractivity contribution in [1.29, 1.82) is 0 Å². The van der Waals surface area contributed by atoms with Crippen LogP contribution >= 0.6 is 0 Å². The van der Waals surface area contributed by atoms with E-state index < -0.39 is 5.91 Å². The normalized spacial score (nSPS) is 11.2. The van der Waals surface area contributed by atoms with Gasteiger partial charge in [0.25, 0.3) is 5.91 Å². The summed E-state index contributed by atoms with van der Waals surface area (Å²) in [5.41, 5.74) is 6.82. The number of phenols is 1. The number of rotatable bonds is 6. The molecule has 0 spiro atoms. The molecule has 4 rings (SSSR count). The Hall–Kier alpha value is -4.06. The molecule has 0 saturated heterocycles. The molecule has 0 aliphatic carbocycles. The van der Waals surface area contributed by atoms with E-state index in [9.17, 15) is 9.90 Å². The van der Waals surface area contributed by atoms with Gasteiger partial charge in [-0.1, -0.05) is 42.5 Å². The minimum Gasteiger partial charge on any atom is -0.507 e. The van der Waals surface area contributed by atoms with Gasteiger partial charge < -0.3 is 14.4 Å². The van der Waals surface area contributed by atoms with E-state index in [0.717, 1.165) is 27.9 Å². The van der Waals surface area contributed by atoms with Gasteiger partial charge in [0.1, 0.15) is 11.5 Å². The molecule has 31 heavy (non-hydrogen) atoms. The summed E-state index contributed by atoms with van der Waals surface area (Å²) in [7, 11) is 1.63. The second kappa shape index (κ2) is 8.75. The number of aromatic nitrogens is 1. The van der Waals surface area contributed by atoms with Crippen LogP contribution in [0.5, 0.6) is 11.5 Å². The Balaban J connectivity index is 1.69. The number of carbonyl (C=O) groups excluding carboxylic acids is 1. The lowest BCUT2D eigenvalue weighted by molar-refractivity contribution is 0.0952. The monoisotopic (exact) mass is 413 g/mol. The minimum absolute atomic E-state index is 0.0874. The second-order valence-corrected chi connectivity index (χ2v) is 7.17. The summed E-state index contributed by atoms with van der Waals surface area (Å²) in [6.07, 6.45) is 1.64. The summed E-state index contributed by atoms with van der Waals surface area (Å²) < 4.78 is 7.63. The number of amides is 1. The molecule has 0 bridgehead atoms. The van der Waals surface area contributed by atoms with Crippen LogP contribution in [0.1, 0.15) is 27.2 Å². The number of nitrogens with one attached hydrogen (secondary N) is 1. The van der Waals surface area contributed by atoms with Crippen LogP contribution in [0.2, 0.25) is 0 Å². The first-order valence-corrected chi connectivity index (χ1v) is 9.90. The number of para-hydroxylation sites is 1. The van der Waals surface area contributed by atoms with Crippen molar-refractivity contribution in [2.24, 2.45) is 5.10 Å². The van der Waals surface area contributed by atoms with Crippen molar-refractivity contribution in [2.45, 2.75) is 13.5 Å². The van der Waals surface area contributed by atoms with Gasteiger partial charge in [-0.3, -0.25) is 4.79 Å². The summed E-state index contributed by atoms with van der Waals surface area (Å²) in [4.78, 5) is 12.3. The third kappa shape index (κ3) is 4.14. The van der Waals surface area contributed by atoms with Crippen LogP contribution in [-0.4, -0.2) is 28.9 Å². The van der Waals surface area contributed by atoms with Crippen molar-refractivity contribution < 1.29 is 14.6 Å². The first-order valence-electron chi connectivity index (χ1n) is 9.90. The number of methoxy groups -OCH3 is 1. The second-order valence-electron chi connectivity index (χ2n) is 7.17. The maximum absolute atomic E-state index is 12.3. The van der Waals surface area contributed by atoms with Crippen LogP contribution < -0.4 is 10.2 Å². The van der Waals surface area contributed by atoms with Crippen LogP contribution in [-0.2, 0) is 6.54 Å². The predicted molar refractivity (Wildman–Crippen MR) is 122 cm³/mol. The third-order valence-electron chi connectivity index (χ3n) is 5.27. The fourth-order valence-corrected chi connectivity index (χ4v) is 3.63. The van der Waals surface area contributed by atoms with Crippen LogP contribution in [0.15, 0.2) is 77.9 Å². The SMILES string of the molecule is COc1ccc2c(c1)c(C=NNC(=O)c1ccccc1O)c(C)n2Cc1ccccc1. The van der Waals surface area contributed by atoms with Crippen molar-refractivity contribution in [1.82, 2.24) is 9.99 Å². The number of hydrogen-bond acceptors (Lipinski definition) is 4. The molecule has 0 aliphatic rings. The zero-order valence-corrected chi connectivity index (χ0v) is 17.4. The van der Waals surface area contributed by atoms with Crippen molar-refractivity contribution in [3.63, 3.8) is 0 Å². The quantitative estimate of drug-likeness (QED) is 0.362. The van der Waals surface area contributed by atoms with E-state index >= 15 is 0 Å². The van der Waals surface area contributed by atoms with E-state index in [2.05, 4.69) is 27.2 Å². The van der Waals surface area contributed by atoms with Crippen LogP contribution in [0.4, 0.5) is 0 Å². The van der Waals surface area contributed by atoms with E-state index in [1.165, 1.54) is 11.6 Å². The molecule has 0 atom stereocenters. The number of carbonyl (C=O) groups is 1. The van der Waals surface area contributed by atoms with Crippen molar-refractivity contribution >= 4 is 23.0 Å². The molecule has 0 fully saturated rings. The van der Waals surface area contributed by atoms with Gasteiger partial charge in [0.2, 0.25) is 0 Å². The van der Waals surface area contributed by atoms with Crippen LogP contribution in [0.25, 0.3) is 10.9 Å². The van der Waals surface area contributed by atoms with Crippen LogP contribution in [0, 0.1) is 6.92 Å². The van der Waals surface area contributed by atoms with E-state index in [1.807, 2.05) is 43.3 Å². The van der Waals surface area contributed by atoms with Crippen molar-refractivity contribution in [3.05, 3.63) is 95.2 Å². The predicted octanol–water partition coefficient (Wildman–Crippen LogP) is 4.48. The zero-order valence-electron chi connectivity index (χ0n) is 17.4. The van der Waals surface area contributed by atoms with Gasteiger partial charge in [0, 0.05) is 28.7 Å². The molecule has 1 heterocycles. The smallest absolute Gasteiger partial charge is 0.275 e. The Bertz CT molecular complexity index is 1260. The maximum Gasteiger partial charge on any atom is 0.275 e. The third-order valence-corrected chi connectivity index (χ3v) is 5.27. The Kier molecular flexibility index (Phi) is 5.71. The Morgan fingerprint density at radius 2 is 1.84 bits per heavy atom. The number of ether oxygens (including phenoxy) is 1. The van der Waals surface area contributed by atoms with Gasteiger partial charge in [0.15, 0.2) is 0 Å². The molecule has 3 aromatic carbocycles. The molecule has 6 heteroatoms. The lowest BCUT2D eigenvalue weighted by Gasteiger charge is -2.09. The Morgan fingerprint density at radius 1 is 1.10 bits per heavy atom. The van der Waals surface area contributed by atoms with Gasteiger partial charge in [-0.2, -0.15) is 5.10 Å². The average Bonchev–Trinajstić information content (AvgIpc) is 3.05. The number of phenolic OH excluding ortho intramolecular Hbond substituents is 1. The molecular formula is C25H23N3O3. The van der Waals surface area contributed by atoms with E-state index in [4.69, 9.17) is 4.74 Å². The van der Waals surface area contributed by atoms with Gasteiger partial charge in [-0.15, -0.1) is 0 Å². The van der Waals surface area contributed by atoms with Crippen molar-refractivity contribution in [2.75, 3.05) is 7.11 Å². The standard InChI is InChI=1S/C25H23N3O3/c1-17-22(15-26-27-25(30)20-10-6-7-11-24(20)29)21-14-19(31-2)12-13-23(21)28(17)16-18-8-4-3-5-9-18/h3-15,29H,16H2,1-2H3,(H,27,30). The molecule has 1 aromatic heterocycles. The largest absolute Gasteiger partial charge is 0.507 e. The highest BCUT2D eigenvalue weighted by molar-refractivity contribution is 6.03. The lowest BCUT2D eigenvalue weighted by atomic mass is 10.1. The zero-order chi connectivity index (χ0) is 21.8. The van der Waals surface area contributed by atoms with Crippen molar-refractivity contribution in [3.8, 4) is 11.5 Å². The minimum atomic E-state index is -0.474. The van der Waals surface area contributed by atoms with Gasteiger partial charge in [-0.05, 0) is 42.8 Å². The molecule has 0 radical (unpaired) electrons. The van der Waals surface area contributed by atoms with E-state index in [-0.39, 0.29) is 11.3 Å². The Labute approximate surface area is 180 Å². The highest BCUT2D eigenvalue weighted by atomic mass is 16.5. The lowest BCUT2D eigenvalue weighted by Crippen LogP contribution is -2.17. The summed E-state index contributed by atoms with van der Waals surface area (Å²) in [6.45, 7) is 2.75. The number of hydrogen-bond donors (Lipinski definition) is 2. The molecule has 2 N–H and O–H groups in total. The number of nitrogens with zero attached hydrogens (tertiary/aromatic N) is 2. The summed E-state index contributed by atoms with van der Waals surface area (Å²) in [5.74, 6) is 0.186. The topological polar surface area (TPSA) is 75.8 Å². The van der Waals surface area contributed by atoms with Gasteiger partial charge in [0.05, 0.1) is 18.9 Å². The van der Waals surface area contributed by atoms with Gasteiger partial charge in [-0.25, -0.2) is 5.43 Å². The van der Waals surface area contributed by atoms with E-state index in [1.54, 1.807) is 31.5 Å². The fraction of sp³-hybridized carbons (Fsp3) is 0.120. The summed E-state index contributed by atoms with van der Waals surface area (Å²) >= 11 is 0.